The summed E-state index contributed by atoms with van der Waals surface area (Å²) in [7, 11) is 2.74. The van der Waals surface area contributed by atoms with Crippen molar-refractivity contribution in [2.75, 3.05) is 14.2 Å². The van der Waals surface area contributed by atoms with Crippen molar-refractivity contribution in [1.82, 2.24) is 9.71 Å². The summed E-state index contributed by atoms with van der Waals surface area (Å²) >= 11 is 0. The second-order valence-corrected chi connectivity index (χ2v) is 1.78. The van der Waals surface area contributed by atoms with Gasteiger partial charge < -0.3 is 9.57 Å². The van der Waals surface area contributed by atoms with Crippen LogP contribution < -0.4 is 4.84 Å². The zero-order valence-electron chi connectivity index (χ0n) is 6.27. The molecule has 5 heteroatoms. The summed E-state index contributed by atoms with van der Waals surface area (Å²) in [4.78, 5) is 19.4. The highest BCUT2D eigenvalue weighted by atomic mass is 16.6. The zero-order valence-corrected chi connectivity index (χ0v) is 6.27. The largest absolute Gasteiger partial charge is 0.464 e. The number of nitrogens with zero attached hydrogens (tertiary/aromatic N) is 2. The predicted molar refractivity (Wildman–Crippen MR) is 36.1 cm³/mol. The molecule has 0 saturated carbocycles. The quantitative estimate of drug-likeness (QED) is 0.553. The monoisotopic (exact) mass is 156 g/mol. The third-order valence-electron chi connectivity index (χ3n) is 1.20. The fraction of sp³-hybridized carbons (Fsp3) is 0.333. The molecule has 60 valence electrons. The number of hydrogen-bond donors (Lipinski definition) is 0. The molecule has 0 fully saturated rings. The molecular weight excluding hydrogens is 148 g/mol. The van der Waals surface area contributed by atoms with Crippen molar-refractivity contribution in [3.63, 3.8) is 0 Å². The average Bonchev–Trinajstić information content (AvgIpc) is 2.50. The van der Waals surface area contributed by atoms with Crippen LogP contribution in [0.5, 0.6) is 0 Å². The van der Waals surface area contributed by atoms with Crippen molar-refractivity contribution >= 4 is 5.97 Å². The standard InChI is InChI=1S/C6H8N2O3/c1-10-6(9)5-3-7-4-8(5)11-2/h3-4H,1-2H3. The fourth-order valence-corrected chi connectivity index (χ4v) is 0.676. The molecule has 0 aliphatic heterocycles. The predicted octanol–water partition coefficient (Wildman–Crippen LogP) is -0.272. The molecule has 5 nitrogen and oxygen atoms in total. The SMILES string of the molecule is COC(=O)c1cncn1OC. The molecule has 0 unspecified atom stereocenters. The fourth-order valence-electron chi connectivity index (χ4n) is 0.676. The number of esters is 1. The Hall–Kier alpha value is -1.52. The molecule has 11 heavy (non-hydrogen) atoms. The highest BCUT2D eigenvalue weighted by molar-refractivity contribution is 5.86. The van der Waals surface area contributed by atoms with Gasteiger partial charge in [-0.25, -0.2) is 9.78 Å². The third kappa shape index (κ3) is 1.31. The first-order valence-electron chi connectivity index (χ1n) is 2.94. The van der Waals surface area contributed by atoms with E-state index in [9.17, 15) is 4.79 Å². The van der Waals surface area contributed by atoms with E-state index >= 15 is 0 Å². The van der Waals surface area contributed by atoms with Crippen LogP contribution in [0.25, 0.3) is 0 Å². The lowest BCUT2D eigenvalue weighted by molar-refractivity contribution is 0.0545. The molecule has 1 heterocycles. The third-order valence-corrected chi connectivity index (χ3v) is 1.20. The molecule has 1 rings (SSSR count). The molecule has 0 N–H and O–H groups in total. The van der Waals surface area contributed by atoms with Gasteiger partial charge in [-0.2, -0.15) is 4.73 Å². The maximum Gasteiger partial charge on any atom is 0.359 e. The van der Waals surface area contributed by atoms with Crippen molar-refractivity contribution in [2.24, 2.45) is 0 Å². The highest BCUT2D eigenvalue weighted by Crippen LogP contribution is 1.97. The Morgan fingerprint density at radius 1 is 1.64 bits per heavy atom. The summed E-state index contributed by atoms with van der Waals surface area (Å²) in [5.74, 6) is -0.468. The van der Waals surface area contributed by atoms with E-state index in [4.69, 9.17) is 4.84 Å². The summed E-state index contributed by atoms with van der Waals surface area (Å²) < 4.78 is 5.69. The summed E-state index contributed by atoms with van der Waals surface area (Å²) in [6.45, 7) is 0. The van der Waals surface area contributed by atoms with Gasteiger partial charge in [-0.05, 0) is 0 Å². The highest BCUT2D eigenvalue weighted by Gasteiger charge is 2.11. The summed E-state index contributed by atoms with van der Waals surface area (Å²) in [6, 6.07) is 0. The Morgan fingerprint density at radius 2 is 2.36 bits per heavy atom. The van der Waals surface area contributed by atoms with Crippen LogP contribution in [0.4, 0.5) is 0 Å². The molecule has 0 amide bonds. The lowest BCUT2D eigenvalue weighted by atomic mass is 10.5. The van der Waals surface area contributed by atoms with Crippen LogP contribution in [0.3, 0.4) is 0 Å². The van der Waals surface area contributed by atoms with Crippen molar-refractivity contribution in [1.29, 1.82) is 0 Å². The molecule has 1 aromatic rings. The molecule has 0 spiro atoms. The smallest absolute Gasteiger partial charge is 0.359 e. The van der Waals surface area contributed by atoms with Gasteiger partial charge in [0, 0.05) is 0 Å². The number of aromatic nitrogens is 2. The van der Waals surface area contributed by atoms with Crippen LogP contribution in [-0.4, -0.2) is 29.9 Å². The lowest BCUT2D eigenvalue weighted by Crippen LogP contribution is -2.14. The van der Waals surface area contributed by atoms with E-state index in [2.05, 4.69) is 9.72 Å². The minimum atomic E-state index is -0.468. The van der Waals surface area contributed by atoms with Gasteiger partial charge in [-0.3, -0.25) is 0 Å². The summed E-state index contributed by atoms with van der Waals surface area (Å²) in [6.07, 6.45) is 2.75. The number of carbonyl (C=O) groups is 1. The molecule has 0 bridgehead atoms. The van der Waals surface area contributed by atoms with Crippen LogP contribution in [0, 0.1) is 0 Å². The molecular formula is C6H8N2O3. The number of rotatable bonds is 2. The van der Waals surface area contributed by atoms with E-state index in [1.54, 1.807) is 0 Å². The zero-order chi connectivity index (χ0) is 8.27. The Labute approximate surface area is 63.5 Å². The number of imidazole rings is 1. The molecule has 0 aliphatic carbocycles. The Bertz CT molecular complexity index is 256. The van der Waals surface area contributed by atoms with Crippen LogP contribution in [0.1, 0.15) is 10.5 Å². The van der Waals surface area contributed by atoms with E-state index in [0.717, 1.165) is 0 Å². The van der Waals surface area contributed by atoms with Gasteiger partial charge in [-0.1, -0.05) is 0 Å². The lowest BCUT2D eigenvalue weighted by Gasteiger charge is -2.02. The number of carbonyl (C=O) groups excluding carboxylic acids is 1. The minimum Gasteiger partial charge on any atom is -0.464 e. The van der Waals surface area contributed by atoms with Gasteiger partial charge in [0.05, 0.1) is 13.3 Å². The van der Waals surface area contributed by atoms with E-state index < -0.39 is 5.97 Å². The van der Waals surface area contributed by atoms with E-state index in [-0.39, 0.29) is 5.69 Å². The maximum atomic E-state index is 10.9. The number of ether oxygens (including phenoxy) is 1. The van der Waals surface area contributed by atoms with Gasteiger partial charge in [0.1, 0.15) is 13.4 Å². The van der Waals surface area contributed by atoms with Gasteiger partial charge in [0.25, 0.3) is 0 Å². The van der Waals surface area contributed by atoms with Gasteiger partial charge in [0.2, 0.25) is 0 Å². The maximum absolute atomic E-state index is 10.9. The van der Waals surface area contributed by atoms with Crippen molar-refractivity contribution in [3.8, 4) is 0 Å². The Morgan fingerprint density at radius 3 is 2.91 bits per heavy atom. The number of hydrogen-bond acceptors (Lipinski definition) is 4. The minimum absolute atomic E-state index is 0.273. The molecule has 0 saturated heterocycles. The van der Waals surface area contributed by atoms with Gasteiger partial charge in [0.15, 0.2) is 5.69 Å². The first kappa shape index (κ1) is 7.59. The van der Waals surface area contributed by atoms with Crippen molar-refractivity contribution < 1.29 is 14.4 Å². The van der Waals surface area contributed by atoms with Gasteiger partial charge >= 0.3 is 5.97 Å². The normalized spacial score (nSPS) is 9.27. The van der Waals surface area contributed by atoms with Crippen LogP contribution in [-0.2, 0) is 4.74 Å². The molecule has 0 aliphatic rings. The summed E-state index contributed by atoms with van der Waals surface area (Å²) in [5.41, 5.74) is 0.273. The molecule has 0 radical (unpaired) electrons. The number of methoxy groups -OCH3 is 1. The Kier molecular flexibility index (Phi) is 2.10. The second-order valence-electron chi connectivity index (χ2n) is 1.78. The average molecular weight is 156 g/mol. The summed E-state index contributed by atoms with van der Waals surface area (Å²) in [5, 5.41) is 0. The van der Waals surface area contributed by atoms with Crippen molar-refractivity contribution in [3.05, 3.63) is 18.2 Å². The van der Waals surface area contributed by atoms with Crippen LogP contribution in [0.2, 0.25) is 0 Å². The van der Waals surface area contributed by atoms with E-state index in [1.165, 1.54) is 31.5 Å². The topological polar surface area (TPSA) is 53.3 Å². The molecule has 0 aromatic carbocycles. The van der Waals surface area contributed by atoms with Crippen molar-refractivity contribution in [2.45, 2.75) is 0 Å². The molecule has 0 atom stereocenters. The first-order valence-corrected chi connectivity index (χ1v) is 2.94. The van der Waals surface area contributed by atoms with Gasteiger partial charge in [-0.15, -0.1) is 0 Å². The molecule has 1 aromatic heterocycles. The Balaban J connectivity index is 2.92. The van der Waals surface area contributed by atoms with Crippen LogP contribution in [0.15, 0.2) is 12.5 Å². The van der Waals surface area contributed by atoms with E-state index in [0.29, 0.717) is 0 Å². The van der Waals surface area contributed by atoms with Crippen LogP contribution >= 0.6 is 0 Å². The van der Waals surface area contributed by atoms with E-state index in [1.807, 2.05) is 0 Å². The second kappa shape index (κ2) is 3.05. The first-order chi connectivity index (χ1) is 5.29.